The number of pyridine rings is 1. The van der Waals surface area contributed by atoms with Gasteiger partial charge in [-0.25, -0.2) is 4.98 Å². The van der Waals surface area contributed by atoms with E-state index in [9.17, 15) is 9.90 Å². The number of aryl methyl sites for hydroxylation is 1. The molecule has 1 aromatic carbocycles. The van der Waals surface area contributed by atoms with Crippen LogP contribution in [0.1, 0.15) is 32.1 Å². The third kappa shape index (κ3) is 2.09. The van der Waals surface area contributed by atoms with Crippen molar-refractivity contribution >= 4 is 28.3 Å². The largest absolute Gasteiger partial charge is 0.508 e. The van der Waals surface area contributed by atoms with Crippen molar-refractivity contribution < 1.29 is 9.90 Å². The van der Waals surface area contributed by atoms with Gasteiger partial charge in [-0.1, -0.05) is 0 Å². The second kappa shape index (κ2) is 5.14. The molecule has 0 atom stereocenters. The van der Waals surface area contributed by atoms with Gasteiger partial charge in [0.1, 0.15) is 5.75 Å². The van der Waals surface area contributed by atoms with E-state index >= 15 is 0 Å². The smallest absolute Gasteiger partial charge is 0.195 e. The first-order chi connectivity index (χ1) is 11.2. The van der Waals surface area contributed by atoms with Crippen LogP contribution in [0.3, 0.4) is 0 Å². The van der Waals surface area contributed by atoms with Crippen molar-refractivity contribution in [2.24, 2.45) is 0 Å². The lowest BCUT2D eigenvalue weighted by Crippen LogP contribution is -1.98. The number of aromatic nitrogens is 2. The van der Waals surface area contributed by atoms with Crippen LogP contribution < -0.4 is 0 Å². The minimum atomic E-state index is -0.0788. The van der Waals surface area contributed by atoms with Crippen molar-refractivity contribution in [1.82, 2.24) is 9.97 Å². The van der Waals surface area contributed by atoms with Gasteiger partial charge in [0.05, 0.1) is 16.1 Å². The van der Waals surface area contributed by atoms with Gasteiger partial charge in [-0.2, -0.15) is 0 Å². The molecule has 0 aliphatic heterocycles. The third-order valence-corrected chi connectivity index (χ3v) is 4.88. The number of carbonyl (C=O) groups excluding carboxylic acids is 1. The monoisotopic (exact) mass is 320 g/mol. The predicted molar refractivity (Wildman–Crippen MR) is 89.4 cm³/mol. The maximum atomic E-state index is 13.0. The fourth-order valence-corrected chi connectivity index (χ4v) is 3.76. The van der Waals surface area contributed by atoms with Crippen molar-refractivity contribution in [3.8, 4) is 5.75 Å². The van der Waals surface area contributed by atoms with Gasteiger partial charge < -0.3 is 5.11 Å². The van der Waals surface area contributed by atoms with Crippen molar-refractivity contribution in [2.75, 3.05) is 0 Å². The van der Waals surface area contributed by atoms with E-state index in [2.05, 4.69) is 9.97 Å². The van der Waals surface area contributed by atoms with Crippen molar-refractivity contribution in [2.45, 2.75) is 6.92 Å². The number of carbonyl (C=O) groups is 1. The summed E-state index contributed by atoms with van der Waals surface area (Å²) in [5.74, 6) is 0.0124. The van der Waals surface area contributed by atoms with Crippen molar-refractivity contribution in [3.05, 3.63) is 75.5 Å². The van der Waals surface area contributed by atoms with E-state index in [0.29, 0.717) is 11.1 Å². The van der Waals surface area contributed by atoms with E-state index in [4.69, 9.17) is 0 Å². The van der Waals surface area contributed by atoms with Crippen LogP contribution in [0, 0.1) is 6.92 Å². The fourth-order valence-electron chi connectivity index (χ4n) is 2.89. The molecule has 0 saturated heterocycles. The molecule has 0 unspecified atom stereocenters. The Labute approximate surface area is 136 Å². The van der Waals surface area contributed by atoms with Crippen LogP contribution in [0.2, 0.25) is 0 Å². The van der Waals surface area contributed by atoms with Gasteiger partial charge in [-0.15, -0.1) is 11.3 Å². The maximum absolute atomic E-state index is 13.0. The molecule has 3 aromatic rings. The Bertz CT molecular complexity index is 958. The molecule has 1 aliphatic carbocycles. The molecule has 0 amide bonds. The molecule has 4 rings (SSSR count). The lowest BCUT2D eigenvalue weighted by molar-refractivity contribution is 0.105. The standard InChI is InChI=1S/C18H12N2O2S/c1-10-18(23-9-20-10)16-13-3-2-12(21)8-14(13)17(22)15(16)11-4-6-19-7-5-11/h2-9,21H,1H3. The number of fused-ring (bicyclic) bond motifs is 1. The van der Waals surface area contributed by atoms with E-state index in [0.717, 1.165) is 27.3 Å². The number of nitrogens with zero attached hydrogens (tertiary/aromatic N) is 2. The molecular weight excluding hydrogens is 308 g/mol. The number of phenols is 1. The number of rotatable bonds is 2. The zero-order chi connectivity index (χ0) is 16.0. The van der Waals surface area contributed by atoms with Crippen LogP contribution in [-0.2, 0) is 0 Å². The van der Waals surface area contributed by atoms with E-state index in [1.807, 2.05) is 19.1 Å². The van der Waals surface area contributed by atoms with Gasteiger partial charge in [-0.05, 0) is 48.4 Å². The number of benzene rings is 1. The first-order valence-electron chi connectivity index (χ1n) is 7.10. The number of aromatic hydroxyl groups is 1. The SMILES string of the molecule is Cc1ncsc1C1=C(c2ccncc2)C(=O)c2cc(O)ccc21. The zero-order valence-electron chi connectivity index (χ0n) is 12.3. The number of phenolic OH excluding ortho intramolecular Hbond substituents is 1. The highest BCUT2D eigenvalue weighted by atomic mass is 32.1. The molecule has 0 saturated carbocycles. The Morgan fingerprint density at radius 2 is 1.83 bits per heavy atom. The normalized spacial score (nSPS) is 13.5. The van der Waals surface area contributed by atoms with Gasteiger partial charge >= 0.3 is 0 Å². The molecule has 0 bridgehead atoms. The summed E-state index contributed by atoms with van der Waals surface area (Å²) in [4.78, 5) is 22.3. The molecule has 0 spiro atoms. The molecule has 0 radical (unpaired) electrons. The Morgan fingerprint density at radius 3 is 2.52 bits per heavy atom. The number of ketones is 1. The molecule has 0 fully saturated rings. The van der Waals surface area contributed by atoms with Crippen molar-refractivity contribution in [3.63, 3.8) is 0 Å². The Kier molecular flexibility index (Phi) is 3.09. The summed E-state index contributed by atoms with van der Waals surface area (Å²) >= 11 is 1.52. The number of thiazole rings is 1. The highest BCUT2D eigenvalue weighted by Gasteiger charge is 2.33. The third-order valence-electron chi connectivity index (χ3n) is 3.94. The lowest BCUT2D eigenvalue weighted by atomic mass is 9.99. The zero-order valence-corrected chi connectivity index (χ0v) is 13.1. The van der Waals surface area contributed by atoms with E-state index in [1.54, 1.807) is 30.0 Å². The highest BCUT2D eigenvalue weighted by Crippen LogP contribution is 2.44. The number of Topliss-reactive ketones (excluding diaryl/α,β-unsaturated/α-hetero) is 1. The van der Waals surface area contributed by atoms with Gasteiger partial charge in [0.25, 0.3) is 0 Å². The molecule has 2 aromatic heterocycles. The summed E-state index contributed by atoms with van der Waals surface area (Å²) in [6, 6.07) is 8.59. The molecule has 1 aliphatic rings. The average molecular weight is 320 g/mol. The molecular formula is C18H12N2O2S. The second-order valence-corrected chi connectivity index (χ2v) is 6.17. The first kappa shape index (κ1) is 13.8. The summed E-state index contributed by atoms with van der Waals surface area (Å²) in [7, 11) is 0. The minimum Gasteiger partial charge on any atom is -0.508 e. The van der Waals surface area contributed by atoms with E-state index in [-0.39, 0.29) is 11.5 Å². The van der Waals surface area contributed by atoms with Crippen LogP contribution in [0.25, 0.3) is 11.1 Å². The molecule has 5 heteroatoms. The lowest BCUT2D eigenvalue weighted by Gasteiger charge is -2.07. The summed E-state index contributed by atoms with van der Waals surface area (Å²) < 4.78 is 0. The Balaban J connectivity index is 2.06. The van der Waals surface area contributed by atoms with Crippen LogP contribution in [0.4, 0.5) is 0 Å². The van der Waals surface area contributed by atoms with Crippen LogP contribution in [-0.4, -0.2) is 20.9 Å². The summed E-state index contributed by atoms with van der Waals surface area (Å²) in [6.45, 7) is 1.94. The second-order valence-electron chi connectivity index (χ2n) is 5.31. The maximum Gasteiger partial charge on any atom is 0.195 e. The summed E-state index contributed by atoms with van der Waals surface area (Å²) in [6.07, 6.45) is 3.35. The van der Waals surface area contributed by atoms with Crippen molar-refractivity contribution in [1.29, 1.82) is 0 Å². The molecule has 2 heterocycles. The molecule has 4 nitrogen and oxygen atoms in total. The average Bonchev–Trinajstić information content (AvgIpc) is 3.10. The van der Waals surface area contributed by atoms with E-state index < -0.39 is 0 Å². The van der Waals surface area contributed by atoms with Gasteiger partial charge in [0.2, 0.25) is 0 Å². The topological polar surface area (TPSA) is 63.1 Å². The highest BCUT2D eigenvalue weighted by molar-refractivity contribution is 7.11. The van der Waals surface area contributed by atoms with Crippen LogP contribution in [0.15, 0.2) is 48.2 Å². The van der Waals surface area contributed by atoms with Gasteiger partial charge in [0, 0.05) is 29.1 Å². The fraction of sp³-hybridized carbons (Fsp3) is 0.0556. The predicted octanol–water partition coefficient (Wildman–Crippen LogP) is 3.71. The van der Waals surface area contributed by atoms with E-state index in [1.165, 1.54) is 17.4 Å². The Hall–Kier alpha value is -2.79. The van der Waals surface area contributed by atoms with Crippen LogP contribution >= 0.6 is 11.3 Å². The summed E-state index contributed by atoms with van der Waals surface area (Å²) in [5, 5.41) is 9.75. The van der Waals surface area contributed by atoms with Crippen LogP contribution in [0.5, 0.6) is 5.75 Å². The van der Waals surface area contributed by atoms with Gasteiger partial charge in [0.15, 0.2) is 5.78 Å². The number of hydrogen-bond donors (Lipinski definition) is 1. The summed E-state index contributed by atoms with van der Waals surface area (Å²) in [5.41, 5.74) is 6.39. The quantitative estimate of drug-likeness (QED) is 0.782. The molecule has 112 valence electrons. The van der Waals surface area contributed by atoms with Gasteiger partial charge in [-0.3, -0.25) is 9.78 Å². The number of hydrogen-bond acceptors (Lipinski definition) is 5. The molecule has 23 heavy (non-hydrogen) atoms. The number of allylic oxidation sites excluding steroid dienone is 1. The first-order valence-corrected chi connectivity index (χ1v) is 7.98. The Morgan fingerprint density at radius 1 is 1.04 bits per heavy atom. The molecule has 1 N–H and O–H groups in total. The minimum absolute atomic E-state index is 0.0788.